The van der Waals surface area contributed by atoms with Crippen LogP contribution in [0.5, 0.6) is 0 Å². The van der Waals surface area contributed by atoms with Gasteiger partial charge in [0.1, 0.15) is 66.1 Å². The van der Waals surface area contributed by atoms with E-state index in [1.54, 1.807) is 147 Å². The van der Waals surface area contributed by atoms with Gasteiger partial charge in [-0.1, -0.05) is 170 Å². The zero-order valence-electron chi connectivity index (χ0n) is 81.2. The second kappa shape index (κ2) is 78.1. The SMILES string of the molecule is C.C.CC(=O)C(=[N+]=[N-])C(=O)OC(C)(C)C.CC(=O)C(NC(=O)c1ccccc1)C(=O)OC(C)(C)C.CC(=O)CC(=O)OC(C)(C)C.CC(=O)O.CC(=O)O.CC(=O)O.CC(=O)O.CC(=O)c1nc(-c2ccccc2)sc1C.CC(=O)c1nc(-c2ccccc2)sc1CBr.CC(=O)c1nc(-c2ccccc2)sc1CN1CCCC1.Cl.O=C(O)c1nc(-c2ccccc2)sc1CN1CCCC1.[B]=NS.[B]=NS.[Rh].[Rh]. The van der Waals surface area contributed by atoms with Gasteiger partial charge in [-0.15, -0.1) is 57.8 Å². The monoisotopic (exact) mass is 2340 g/mol. The van der Waals surface area contributed by atoms with Gasteiger partial charge in [-0.25, -0.2) is 34.3 Å². The second-order valence-corrected chi connectivity index (χ2v) is 37.0. The van der Waals surface area contributed by atoms with Crippen LogP contribution in [0.3, 0.4) is 0 Å². The zero-order valence-corrected chi connectivity index (χ0v) is 91.9. The Kier molecular flexibility index (Phi) is 79.5. The number of ketones is 6. The van der Waals surface area contributed by atoms with E-state index in [4.69, 9.17) is 59.3 Å². The van der Waals surface area contributed by atoms with Crippen molar-refractivity contribution < 1.29 is 155 Å². The van der Waals surface area contributed by atoms with Crippen molar-refractivity contribution in [2.24, 2.45) is 8.60 Å². The maximum atomic E-state index is 12.0. The first kappa shape index (κ1) is 145. The summed E-state index contributed by atoms with van der Waals surface area (Å²) in [5.41, 5.74) is 12.4. The minimum absolute atomic E-state index is 0. The summed E-state index contributed by atoms with van der Waals surface area (Å²) in [7, 11) is 8.67. The maximum Gasteiger partial charge on any atom is 0 e. The van der Waals surface area contributed by atoms with Gasteiger partial charge in [0.2, 0.25) is 5.78 Å². The van der Waals surface area contributed by atoms with Gasteiger partial charge in [0.25, 0.3) is 29.8 Å². The largest absolute Gasteiger partial charge is 0 e. The summed E-state index contributed by atoms with van der Waals surface area (Å²) >= 11 is 16.0. The normalized spacial score (nSPS) is 11.0. The molecule has 1 atom stereocenters. The molecule has 778 valence electrons. The number of amides is 1. The number of halogens is 2. The van der Waals surface area contributed by atoms with E-state index in [0.717, 1.165) is 129 Å². The number of aryl methyl sites for hydroxylation is 1. The molecule has 2 aliphatic rings. The number of thiol groups is 2. The number of carboxylic acid groups (broad SMARTS) is 5. The fraction of sp³-hybridized carbons (Fsp3) is 0.396. The van der Waals surface area contributed by atoms with E-state index in [-0.39, 0.29) is 101 Å². The molecule has 4 aromatic heterocycles. The minimum atomic E-state index is -1.29. The third-order valence-corrected chi connectivity index (χ3v) is 20.9. The Balaban J connectivity index is -0.000000289. The molecule has 0 aliphatic carbocycles. The van der Waals surface area contributed by atoms with E-state index in [0.29, 0.717) is 34.5 Å². The topological polar surface area (TPSA) is 516 Å². The Morgan fingerprint density at radius 3 is 0.993 bits per heavy atom. The molecule has 4 radical (unpaired) electrons. The van der Waals surface area contributed by atoms with Gasteiger partial charge < -0.3 is 50.6 Å². The predicted octanol–water partition coefficient (Wildman–Crippen LogP) is 20.0. The number of Topliss-reactive ketones (excluding diaryl/α,β-unsaturated/α-hetero) is 6. The standard InChI is InChI=1S/C16H18N2OS.C15H16N2O2S.C15H19NO4.C12H10BrNOS.C12H11NOS.C8H12N2O3.C8H14O3.4C2H4O2.2CH4.2BHNS.ClH.2Rh/c1-12(19)15-14(11-18-9-5-6-10-18)20-16(17-15)13-7-3-2-4-8-13;18-15(19)13-12(10-17-8-4-5-9-17)20-14(16-13)11-6-2-1-3-7-11;1-10(17)12(14(19)20-15(2,3)4)16-13(18)11-8-6-5-7-9-11;1-8(15)11-10(7-13)16-12(14-11)9-5-3-2-4-6-9;1-8(14)11-9(2)15-12(13-11)10-6-4-3-5-7-10;1-5(11)6(10-9)7(12)13-8(2,3)4;1-6(9)5-7(10)11-8(2,3)4;4*1-2(3)4;;;2*1-2-3;;;/h2-4,7-8H,5-6,9-11H2,1H3;1-3,6-7H,4-5,8-10H2,(H,18,19);5-9,12H,1-4H3,(H,16,18);2-6H,7H2,1H3;3-7H,1-2H3;1-4H3;5H2,1-4H3;4*1H3,(H,3,4);2*1H4;2*3H;1H;;. The number of rotatable bonds is 21. The number of alkyl halides is 1. The number of thiazole rings is 4. The van der Waals surface area contributed by atoms with E-state index < -0.39 is 93.8 Å². The van der Waals surface area contributed by atoms with Crippen LogP contribution in [-0.4, -0.2) is 218 Å². The number of nitrogens with zero attached hydrogens (tertiary/aromatic N) is 10. The van der Waals surface area contributed by atoms with E-state index >= 15 is 0 Å². The molecule has 2 fully saturated rings. The van der Waals surface area contributed by atoms with Crippen LogP contribution in [0.25, 0.3) is 47.8 Å². The summed E-state index contributed by atoms with van der Waals surface area (Å²) in [6, 6.07) is 46.7. The zero-order chi connectivity index (χ0) is 105. The Morgan fingerprint density at radius 1 is 0.465 bits per heavy atom. The van der Waals surface area contributed by atoms with Gasteiger partial charge in [0.15, 0.2) is 34.9 Å². The number of nitrogens with one attached hydrogen (secondary N) is 1. The molecular weight excluding hydrogens is 2210 g/mol. The first-order valence-corrected chi connectivity index (χ1v) is 46.7. The van der Waals surface area contributed by atoms with Crippen molar-refractivity contribution in [3.8, 4) is 42.3 Å². The number of hydrogen-bond donors (Lipinski definition) is 8. The Bertz CT molecular complexity index is 5280. The number of carbonyl (C=O) groups is 15. The van der Waals surface area contributed by atoms with Crippen molar-refractivity contribution in [3.05, 3.63) is 205 Å². The number of aromatic nitrogens is 4. The first-order chi connectivity index (χ1) is 63.9. The molecule has 6 N–H and O–H groups in total. The number of ether oxygens (including phenoxy) is 3. The van der Waals surface area contributed by atoms with Gasteiger partial charge in [0, 0.05) is 150 Å². The molecule has 142 heavy (non-hydrogen) atoms. The number of likely N-dealkylation sites (tertiary alicyclic amines) is 2. The summed E-state index contributed by atoms with van der Waals surface area (Å²) in [6.07, 6.45) is 4.80. The molecule has 1 amide bonds. The van der Waals surface area contributed by atoms with Crippen LogP contribution < -0.4 is 5.32 Å². The third-order valence-electron chi connectivity index (χ3n) is 15.6. The number of esters is 3. The molecule has 1 unspecified atom stereocenters. The third kappa shape index (κ3) is 67.2. The average molecular weight is 2340 g/mol. The number of carbonyl (C=O) groups excluding carboxylic acids is 10. The van der Waals surface area contributed by atoms with Crippen molar-refractivity contribution in [1.29, 1.82) is 0 Å². The molecule has 5 aromatic carbocycles. The van der Waals surface area contributed by atoms with Crippen LogP contribution in [-0.2, 0) is 120 Å². The van der Waals surface area contributed by atoms with E-state index in [2.05, 4.69) is 105 Å². The molecule has 2 saturated heterocycles. The number of aliphatic carboxylic acids is 4. The summed E-state index contributed by atoms with van der Waals surface area (Å²) in [6.45, 7) is 36.0. The van der Waals surface area contributed by atoms with Crippen molar-refractivity contribution in [3.63, 3.8) is 0 Å². The fourth-order valence-electron chi connectivity index (χ4n) is 10.6. The first-order valence-electron chi connectivity index (χ1n) is 41.5. The van der Waals surface area contributed by atoms with Crippen molar-refractivity contribution >= 4 is 209 Å². The van der Waals surface area contributed by atoms with Crippen LogP contribution in [0, 0.1) is 6.92 Å². The van der Waals surface area contributed by atoms with Crippen molar-refractivity contribution in [2.75, 3.05) is 26.2 Å². The Morgan fingerprint density at radius 2 is 0.739 bits per heavy atom. The number of hydrogen-bond acceptors (Lipinski definition) is 32. The molecule has 46 heteroatoms. The van der Waals surface area contributed by atoms with E-state index in [1.165, 1.54) is 50.9 Å². The maximum absolute atomic E-state index is 12.0. The summed E-state index contributed by atoms with van der Waals surface area (Å²) in [4.78, 5) is 189. The van der Waals surface area contributed by atoms with Gasteiger partial charge in [-0.2, -0.15) is 4.79 Å². The molecule has 0 spiro atoms. The summed E-state index contributed by atoms with van der Waals surface area (Å²) in [5.74, 6) is -8.02. The molecule has 2 aliphatic heterocycles. The van der Waals surface area contributed by atoms with Crippen LogP contribution in [0.4, 0.5) is 0 Å². The average Bonchev–Trinajstić information content (AvgIpc) is 1.62. The molecule has 9 aromatic rings. The quantitative estimate of drug-likeness (QED) is 0.00316. The molecule has 11 rings (SSSR count). The van der Waals surface area contributed by atoms with Gasteiger partial charge in [-0.3, -0.25) is 67.3 Å². The molecular formula is C96H127B2BrClN11O23Rh2S6. The Hall–Kier alpha value is -10.4. The fourth-order valence-corrected chi connectivity index (χ4v) is 15.4. The van der Waals surface area contributed by atoms with E-state index in [1.807, 2.05) is 128 Å². The summed E-state index contributed by atoms with van der Waals surface area (Å²) in [5, 5.41) is 45.6. The minimum Gasteiger partial charge on any atom is 0 e. The number of benzene rings is 5. The number of aromatic carboxylic acids is 1. The Labute approximate surface area is 900 Å². The predicted molar refractivity (Wildman–Crippen MR) is 562 cm³/mol. The molecule has 0 saturated carbocycles. The molecule has 34 nitrogen and oxygen atoms in total. The van der Waals surface area contributed by atoms with Crippen LogP contribution in [0.1, 0.15) is 250 Å². The van der Waals surface area contributed by atoms with Crippen LogP contribution in [0.15, 0.2) is 160 Å². The van der Waals surface area contributed by atoms with Gasteiger partial charge in [0.05, 0.1) is 9.75 Å². The molecule has 0 bridgehead atoms. The van der Waals surface area contributed by atoms with E-state index in [9.17, 15) is 57.8 Å². The second-order valence-electron chi connectivity index (χ2n) is 31.5. The van der Waals surface area contributed by atoms with Crippen LogP contribution >= 0.6 is 99.3 Å². The van der Waals surface area contributed by atoms with Crippen molar-refractivity contribution in [2.45, 2.75) is 227 Å². The van der Waals surface area contributed by atoms with Crippen LogP contribution in [0.2, 0.25) is 0 Å². The number of carboxylic acids is 5. The summed E-state index contributed by atoms with van der Waals surface area (Å²) < 4.78 is 20.2. The van der Waals surface area contributed by atoms with Gasteiger partial charge >= 0.3 is 79.1 Å². The van der Waals surface area contributed by atoms with Crippen molar-refractivity contribution in [1.82, 2.24) is 35.1 Å². The smallest absolute Gasteiger partial charge is 0 e. The molecule has 6 heterocycles. The van der Waals surface area contributed by atoms with Gasteiger partial charge in [-0.05, 0) is 147 Å².